The standard InChI is InChI=1S/C18H17ClN2O4/c19-14-11-13(20-16(22)8-9-18(24)25)6-7-15(14)21-17(23)10-12-4-2-1-3-5-12/h1-7,11H,8-10H2,(H,20,22)(H,21,23)(H,24,25). The summed E-state index contributed by atoms with van der Waals surface area (Å²) >= 11 is 6.13. The number of carboxylic acid groups (broad SMARTS) is 1. The predicted molar refractivity (Wildman–Crippen MR) is 95.7 cm³/mol. The molecule has 3 N–H and O–H groups in total. The van der Waals surface area contributed by atoms with Crippen LogP contribution in [0.2, 0.25) is 5.02 Å². The maximum absolute atomic E-state index is 12.1. The van der Waals surface area contributed by atoms with E-state index >= 15 is 0 Å². The fourth-order valence-corrected chi connectivity index (χ4v) is 2.34. The average Bonchev–Trinajstić information content (AvgIpc) is 2.56. The number of nitrogens with one attached hydrogen (secondary N) is 2. The zero-order valence-electron chi connectivity index (χ0n) is 13.3. The van der Waals surface area contributed by atoms with E-state index in [1.807, 2.05) is 30.3 Å². The molecule has 2 rings (SSSR count). The molecule has 0 aromatic heterocycles. The number of carbonyl (C=O) groups excluding carboxylic acids is 2. The van der Waals surface area contributed by atoms with Crippen LogP contribution in [0.5, 0.6) is 0 Å². The van der Waals surface area contributed by atoms with Crippen molar-refractivity contribution in [2.24, 2.45) is 0 Å². The molecule has 0 aliphatic carbocycles. The number of amides is 2. The highest BCUT2D eigenvalue weighted by molar-refractivity contribution is 6.34. The lowest BCUT2D eigenvalue weighted by molar-refractivity contribution is -0.138. The van der Waals surface area contributed by atoms with Gasteiger partial charge in [-0.2, -0.15) is 0 Å². The van der Waals surface area contributed by atoms with Crippen LogP contribution in [0.1, 0.15) is 18.4 Å². The Morgan fingerprint density at radius 2 is 1.64 bits per heavy atom. The summed E-state index contributed by atoms with van der Waals surface area (Å²) in [5, 5.41) is 14.1. The smallest absolute Gasteiger partial charge is 0.303 e. The van der Waals surface area contributed by atoms with Gasteiger partial charge in [-0.3, -0.25) is 14.4 Å². The Balaban J connectivity index is 1.93. The van der Waals surface area contributed by atoms with Crippen LogP contribution in [-0.4, -0.2) is 22.9 Å². The van der Waals surface area contributed by atoms with Gasteiger partial charge in [0.2, 0.25) is 11.8 Å². The number of rotatable bonds is 7. The number of carbonyl (C=O) groups is 3. The van der Waals surface area contributed by atoms with Crippen molar-refractivity contribution in [3.8, 4) is 0 Å². The number of benzene rings is 2. The zero-order valence-corrected chi connectivity index (χ0v) is 14.0. The second-order valence-electron chi connectivity index (χ2n) is 5.35. The Kier molecular flexibility index (Phi) is 6.54. The minimum Gasteiger partial charge on any atom is -0.481 e. The first-order valence-electron chi connectivity index (χ1n) is 7.59. The van der Waals surface area contributed by atoms with Crippen LogP contribution in [0.4, 0.5) is 11.4 Å². The monoisotopic (exact) mass is 360 g/mol. The molecule has 2 aromatic rings. The van der Waals surface area contributed by atoms with Gasteiger partial charge in [0.25, 0.3) is 0 Å². The lowest BCUT2D eigenvalue weighted by atomic mass is 10.1. The number of aliphatic carboxylic acids is 1. The zero-order chi connectivity index (χ0) is 18.2. The summed E-state index contributed by atoms with van der Waals surface area (Å²) in [7, 11) is 0. The van der Waals surface area contributed by atoms with Crippen molar-refractivity contribution in [3.63, 3.8) is 0 Å². The molecule has 0 radical (unpaired) electrons. The second-order valence-corrected chi connectivity index (χ2v) is 5.75. The fraction of sp³-hybridized carbons (Fsp3) is 0.167. The first kappa shape index (κ1) is 18.5. The summed E-state index contributed by atoms with van der Waals surface area (Å²) in [6.45, 7) is 0. The Hall–Kier alpha value is -2.86. The quantitative estimate of drug-likeness (QED) is 0.705. The highest BCUT2D eigenvalue weighted by Crippen LogP contribution is 2.26. The molecular weight excluding hydrogens is 344 g/mol. The van der Waals surface area contributed by atoms with Crippen molar-refractivity contribution in [2.45, 2.75) is 19.3 Å². The van der Waals surface area contributed by atoms with E-state index in [2.05, 4.69) is 10.6 Å². The molecule has 0 unspecified atom stereocenters. The molecule has 0 aliphatic rings. The number of carboxylic acids is 1. The summed E-state index contributed by atoms with van der Waals surface area (Å²) in [5.41, 5.74) is 1.76. The van der Waals surface area contributed by atoms with Crippen molar-refractivity contribution in [2.75, 3.05) is 10.6 Å². The summed E-state index contributed by atoms with van der Waals surface area (Å²) in [4.78, 5) is 34.1. The summed E-state index contributed by atoms with van der Waals surface area (Å²) in [6, 6.07) is 14.0. The highest BCUT2D eigenvalue weighted by Gasteiger charge is 2.10. The highest BCUT2D eigenvalue weighted by atomic mass is 35.5. The second kappa shape index (κ2) is 8.84. The van der Waals surface area contributed by atoms with E-state index in [9.17, 15) is 14.4 Å². The van der Waals surface area contributed by atoms with Crippen molar-refractivity contribution in [1.82, 2.24) is 0 Å². The molecule has 0 saturated carbocycles. The summed E-state index contributed by atoms with van der Waals surface area (Å²) in [5.74, 6) is -1.66. The Bertz CT molecular complexity index is 778. The molecule has 0 bridgehead atoms. The minimum atomic E-state index is -1.04. The Morgan fingerprint density at radius 3 is 2.28 bits per heavy atom. The Morgan fingerprint density at radius 1 is 0.920 bits per heavy atom. The van der Waals surface area contributed by atoms with E-state index in [0.29, 0.717) is 11.4 Å². The SMILES string of the molecule is O=C(O)CCC(=O)Nc1ccc(NC(=O)Cc2ccccc2)c(Cl)c1. The van der Waals surface area contributed by atoms with Crippen molar-refractivity contribution >= 4 is 40.8 Å². The number of hydrogen-bond donors (Lipinski definition) is 3. The van der Waals surface area contributed by atoms with E-state index in [1.54, 1.807) is 12.1 Å². The maximum Gasteiger partial charge on any atom is 0.303 e. The third-order valence-corrected chi connectivity index (χ3v) is 3.61. The normalized spacial score (nSPS) is 10.1. The van der Waals surface area contributed by atoms with E-state index in [-0.39, 0.29) is 30.2 Å². The largest absolute Gasteiger partial charge is 0.481 e. The van der Waals surface area contributed by atoms with Crippen molar-refractivity contribution in [3.05, 3.63) is 59.1 Å². The van der Waals surface area contributed by atoms with Gasteiger partial charge in [0.05, 0.1) is 23.6 Å². The molecule has 0 heterocycles. The van der Waals surface area contributed by atoms with Crippen molar-refractivity contribution < 1.29 is 19.5 Å². The molecule has 0 aliphatic heterocycles. The maximum atomic E-state index is 12.1. The molecular formula is C18H17ClN2O4. The van der Waals surface area contributed by atoms with Gasteiger partial charge < -0.3 is 15.7 Å². The average molecular weight is 361 g/mol. The molecule has 0 spiro atoms. The topological polar surface area (TPSA) is 95.5 Å². The van der Waals surface area contributed by atoms with E-state index in [0.717, 1.165) is 5.56 Å². The molecule has 130 valence electrons. The van der Waals surface area contributed by atoms with Crippen molar-refractivity contribution in [1.29, 1.82) is 0 Å². The first-order chi connectivity index (χ1) is 11.9. The van der Waals surface area contributed by atoms with Crippen LogP contribution >= 0.6 is 11.6 Å². The van der Waals surface area contributed by atoms with Crippen LogP contribution in [-0.2, 0) is 20.8 Å². The minimum absolute atomic E-state index is 0.123. The van der Waals surface area contributed by atoms with Gasteiger partial charge in [-0.05, 0) is 23.8 Å². The third kappa shape index (κ3) is 6.27. The van der Waals surface area contributed by atoms with Crippen LogP contribution in [0.15, 0.2) is 48.5 Å². The molecule has 25 heavy (non-hydrogen) atoms. The molecule has 0 fully saturated rings. The van der Waals surface area contributed by atoms with E-state index < -0.39 is 11.9 Å². The summed E-state index contributed by atoms with van der Waals surface area (Å²) in [6.07, 6.45) is -0.138. The Labute approximate surface area is 149 Å². The predicted octanol–water partition coefficient (Wildman–Crippen LogP) is 3.32. The van der Waals surface area contributed by atoms with Crippen LogP contribution in [0.3, 0.4) is 0 Å². The lowest BCUT2D eigenvalue weighted by Crippen LogP contribution is -2.15. The van der Waals surface area contributed by atoms with Gasteiger partial charge in [-0.1, -0.05) is 41.9 Å². The van der Waals surface area contributed by atoms with Gasteiger partial charge >= 0.3 is 5.97 Å². The number of hydrogen-bond acceptors (Lipinski definition) is 3. The van der Waals surface area contributed by atoms with E-state index in [4.69, 9.17) is 16.7 Å². The molecule has 0 atom stereocenters. The van der Waals surface area contributed by atoms with Gasteiger partial charge in [-0.25, -0.2) is 0 Å². The van der Waals surface area contributed by atoms with E-state index in [1.165, 1.54) is 6.07 Å². The fourth-order valence-electron chi connectivity index (χ4n) is 2.11. The molecule has 6 nitrogen and oxygen atoms in total. The van der Waals surface area contributed by atoms with Gasteiger partial charge in [-0.15, -0.1) is 0 Å². The molecule has 7 heteroatoms. The third-order valence-electron chi connectivity index (χ3n) is 3.30. The molecule has 2 amide bonds. The van der Waals surface area contributed by atoms with Crippen LogP contribution in [0.25, 0.3) is 0 Å². The van der Waals surface area contributed by atoms with Crippen LogP contribution < -0.4 is 10.6 Å². The van der Waals surface area contributed by atoms with Gasteiger partial charge in [0.15, 0.2) is 0 Å². The summed E-state index contributed by atoms with van der Waals surface area (Å²) < 4.78 is 0. The van der Waals surface area contributed by atoms with Gasteiger partial charge in [0.1, 0.15) is 0 Å². The molecule has 2 aromatic carbocycles. The van der Waals surface area contributed by atoms with Crippen LogP contribution in [0, 0.1) is 0 Å². The lowest BCUT2D eigenvalue weighted by Gasteiger charge is -2.10. The first-order valence-corrected chi connectivity index (χ1v) is 7.97. The number of anilines is 2. The number of halogens is 1. The molecule has 0 saturated heterocycles. The van der Waals surface area contributed by atoms with Gasteiger partial charge in [0, 0.05) is 12.1 Å².